The molecule has 1 rings (SSSR count). The number of carbonyl (C=O) groups is 2. The van der Waals surface area contributed by atoms with Crippen LogP contribution < -0.4 is 0 Å². The van der Waals surface area contributed by atoms with Gasteiger partial charge in [0.1, 0.15) is 12.1 Å². The fourth-order valence-corrected chi connectivity index (χ4v) is 1.92. The number of piperazine rings is 1. The van der Waals surface area contributed by atoms with Gasteiger partial charge in [0.25, 0.3) is 5.91 Å². The highest BCUT2D eigenvalue weighted by Crippen LogP contribution is 2.22. The highest BCUT2D eigenvalue weighted by atomic mass is 16.4. The van der Waals surface area contributed by atoms with Crippen LogP contribution >= 0.6 is 0 Å². The van der Waals surface area contributed by atoms with E-state index in [4.69, 9.17) is 5.11 Å². The van der Waals surface area contributed by atoms with Crippen molar-refractivity contribution < 1.29 is 19.8 Å². The van der Waals surface area contributed by atoms with Crippen molar-refractivity contribution in [3.05, 3.63) is 0 Å². The van der Waals surface area contributed by atoms with Gasteiger partial charge < -0.3 is 20.0 Å². The SMILES string of the molecule is CN1CCN(C(=O)[C@H](O)C(C)(C)C)C(C(=O)O)C1. The number of hydrogen-bond donors (Lipinski definition) is 2. The minimum absolute atomic E-state index is 0.290. The van der Waals surface area contributed by atoms with Crippen LogP contribution in [0, 0.1) is 5.41 Å². The normalized spacial score (nSPS) is 23.8. The van der Waals surface area contributed by atoms with Gasteiger partial charge in [0.05, 0.1) is 0 Å². The predicted octanol–water partition coefficient (Wildman–Crippen LogP) is -0.379. The minimum Gasteiger partial charge on any atom is -0.480 e. The number of aliphatic hydroxyl groups is 1. The summed E-state index contributed by atoms with van der Waals surface area (Å²) in [5.74, 6) is -1.53. The van der Waals surface area contributed by atoms with E-state index in [1.54, 1.807) is 20.8 Å². The first-order chi connectivity index (χ1) is 8.14. The first-order valence-electron chi connectivity index (χ1n) is 6.04. The second kappa shape index (κ2) is 5.24. The van der Waals surface area contributed by atoms with E-state index in [1.165, 1.54) is 4.90 Å². The molecule has 18 heavy (non-hydrogen) atoms. The predicted molar refractivity (Wildman–Crippen MR) is 66.1 cm³/mol. The number of hydrogen-bond acceptors (Lipinski definition) is 4. The van der Waals surface area contributed by atoms with Gasteiger partial charge in [-0.25, -0.2) is 4.79 Å². The third kappa shape index (κ3) is 3.20. The Balaban J connectivity index is 2.86. The Labute approximate surface area is 107 Å². The van der Waals surface area contributed by atoms with Gasteiger partial charge in [0, 0.05) is 19.6 Å². The molecule has 1 aliphatic rings. The van der Waals surface area contributed by atoms with Crippen LogP contribution in [0.15, 0.2) is 0 Å². The van der Waals surface area contributed by atoms with Crippen LogP contribution in [0.5, 0.6) is 0 Å². The summed E-state index contributed by atoms with van der Waals surface area (Å²) in [6.45, 7) is 6.49. The lowest BCUT2D eigenvalue weighted by atomic mass is 9.88. The zero-order valence-corrected chi connectivity index (χ0v) is 11.4. The van der Waals surface area contributed by atoms with E-state index in [9.17, 15) is 14.7 Å². The molecule has 0 saturated carbocycles. The molecule has 2 N–H and O–H groups in total. The maximum absolute atomic E-state index is 12.2. The molecule has 0 spiro atoms. The molecule has 0 aromatic carbocycles. The molecule has 0 aromatic heterocycles. The number of rotatable bonds is 2. The Morgan fingerprint density at radius 1 is 1.28 bits per heavy atom. The van der Waals surface area contributed by atoms with E-state index in [-0.39, 0.29) is 6.54 Å². The Morgan fingerprint density at radius 2 is 1.83 bits per heavy atom. The summed E-state index contributed by atoms with van der Waals surface area (Å²) in [6.07, 6.45) is -1.18. The van der Waals surface area contributed by atoms with Gasteiger partial charge in [0.15, 0.2) is 0 Å². The maximum atomic E-state index is 12.2. The molecule has 2 atom stereocenters. The summed E-state index contributed by atoms with van der Waals surface area (Å²) < 4.78 is 0. The number of carboxylic acids is 1. The van der Waals surface area contributed by atoms with Gasteiger partial charge in [-0.2, -0.15) is 0 Å². The van der Waals surface area contributed by atoms with Gasteiger partial charge in [0.2, 0.25) is 0 Å². The second-order valence-electron chi connectivity index (χ2n) is 5.92. The lowest BCUT2D eigenvalue weighted by Gasteiger charge is -2.40. The van der Waals surface area contributed by atoms with Crippen LogP contribution in [0.25, 0.3) is 0 Å². The molecular weight excluding hydrogens is 236 g/mol. The largest absolute Gasteiger partial charge is 0.480 e. The van der Waals surface area contributed by atoms with Crippen LogP contribution in [0.2, 0.25) is 0 Å². The molecule has 1 saturated heterocycles. The van der Waals surface area contributed by atoms with Crippen molar-refractivity contribution in [2.24, 2.45) is 5.41 Å². The minimum atomic E-state index is -1.18. The van der Waals surface area contributed by atoms with Crippen molar-refractivity contribution >= 4 is 11.9 Å². The molecule has 104 valence electrons. The van der Waals surface area contributed by atoms with Crippen molar-refractivity contribution in [3.63, 3.8) is 0 Å². The zero-order chi connectivity index (χ0) is 14.1. The van der Waals surface area contributed by atoms with E-state index in [0.717, 1.165) is 0 Å². The van der Waals surface area contributed by atoms with E-state index in [1.807, 2.05) is 11.9 Å². The number of carbonyl (C=O) groups excluding carboxylic acids is 1. The van der Waals surface area contributed by atoms with Crippen LogP contribution in [0.3, 0.4) is 0 Å². The first-order valence-corrected chi connectivity index (χ1v) is 6.04. The molecule has 1 amide bonds. The van der Waals surface area contributed by atoms with Crippen molar-refractivity contribution in [1.29, 1.82) is 0 Å². The van der Waals surface area contributed by atoms with Gasteiger partial charge in [-0.05, 0) is 12.5 Å². The van der Waals surface area contributed by atoms with Crippen LogP contribution in [-0.4, -0.2) is 70.7 Å². The second-order valence-corrected chi connectivity index (χ2v) is 5.92. The Morgan fingerprint density at radius 3 is 2.28 bits per heavy atom. The Hall–Kier alpha value is -1.14. The molecule has 0 bridgehead atoms. The molecule has 1 aliphatic heterocycles. The molecule has 1 unspecified atom stereocenters. The highest BCUT2D eigenvalue weighted by Gasteiger charge is 2.40. The van der Waals surface area contributed by atoms with Crippen LogP contribution in [0.1, 0.15) is 20.8 Å². The Kier molecular flexibility index (Phi) is 4.34. The Bertz CT molecular complexity index is 337. The number of amides is 1. The monoisotopic (exact) mass is 258 g/mol. The molecule has 6 heteroatoms. The summed E-state index contributed by atoms with van der Waals surface area (Å²) in [6, 6.07) is -0.881. The van der Waals surface area contributed by atoms with Gasteiger partial charge >= 0.3 is 5.97 Å². The zero-order valence-electron chi connectivity index (χ0n) is 11.4. The molecule has 1 heterocycles. The lowest BCUT2D eigenvalue weighted by Crippen LogP contribution is -2.60. The van der Waals surface area contributed by atoms with E-state index < -0.39 is 29.4 Å². The van der Waals surface area contributed by atoms with Crippen molar-refractivity contribution in [2.45, 2.75) is 32.9 Å². The third-order valence-electron chi connectivity index (χ3n) is 3.21. The third-order valence-corrected chi connectivity index (χ3v) is 3.21. The number of likely N-dealkylation sites (N-methyl/N-ethyl adjacent to an activating group) is 1. The molecule has 0 aromatic rings. The summed E-state index contributed by atoms with van der Waals surface area (Å²) >= 11 is 0. The highest BCUT2D eigenvalue weighted by molar-refractivity contribution is 5.87. The number of aliphatic carboxylic acids is 1. The van der Waals surface area contributed by atoms with Gasteiger partial charge in [-0.15, -0.1) is 0 Å². The standard InChI is InChI=1S/C12H22N2O4/c1-12(2,3)9(15)10(16)14-6-5-13(4)7-8(14)11(17)18/h8-9,15H,5-7H2,1-4H3,(H,17,18)/t8?,9-/m0/s1. The summed E-state index contributed by atoms with van der Waals surface area (Å²) in [5.41, 5.74) is -0.594. The van der Waals surface area contributed by atoms with E-state index >= 15 is 0 Å². The number of aliphatic hydroxyl groups excluding tert-OH is 1. The first kappa shape index (κ1) is 14.9. The summed E-state index contributed by atoms with van der Waals surface area (Å²) in [4.78, 5) is 26.5. The molecule has 6 nitrogen and oxygen atoms in total. The summed E-state index contributed by atoms with van der Waals surface area (Å²) in [5, 5.41) is 19.1. The van der Waals surface area contributed by atoms with Crippen molar-refractivity contribution in [3.8, 4) is 0 Å². The fourth-order valence-electron chi connectivity index (χ4n) is 1.92. The topological polar surface area (TPSA) is 81.1 Å². The van der Waals surface area contributed by atoms with Gasteiger partial charge in [-0.1, -0.05) is 20.8 Å². The average Bonchev–Trinajstić information content (AvgIpc) is 2.25. The van der Waals surface area contributed by atoms with E-state index in [0.29, 0.717) is 13.1 Å². The molecular formula is C12H22N2O4. The molecule has 1 fully saturated rings. The maximum Gasteiger partial charge on any atom is 0.327 e. The number of nitrogens with zero attached hydrogens (tertiary/aromatic N) is 2. The quantitative estimate of drug-likeness (QED) is 0.705. The average molecular weight is 258 g/mol. The lowest BCUT2D eigenvalue weighted by molar-refractivity contribution is -0.160. The molecule has 0 radical (unpaired) electrons. The van der Waals surface area contributed by atoms with Crippen LogP contribution in [-0.2, 0) is 9.59 Å². The van der Waals surface area contributed by atoms with Gasteiger partial charge in [-0.3, -0.25) is 4.79 Å². The fraction of sp³-hybridized carbons (Fsp3) is 0.833. The molecule has 0 aliphatic carbocycles. The smallest absolute Gasteiger partial charge is 0.327 e. The van der Waals surface area contributed by atoms with Crippen molar-refractivity contribution in [2.75, 3.05) is 26.7 Å². The van der Waals surface area contributed by atoms with Crippen LogP contribution in [0.4, 0.5) is 0 Å². The summed E-state index contributed by atoms with van der Waals surface area (Å²) in [7, 11) is 1.82. The van der Waals surface area contributed by atoms with Crippen molar-refractivity contribution in [1.82, 2.24) is 9.80 Å². The van der Waals surface area contributed by atoms with E-state index in [2.05, 4.69) is 0 Å². The number of carboxylic acid groups (broad SMARTS) is 1.